The molecule has 0 amide bonds. The zero-order valence-corrected chi connectivity index (χ0v) is 19.3. The van der Waals surface area contributed by atoms with Crippen molar-refractivity contribution in [2.45, 2.75) is 94.1 Å². The first-order valence-corrected chi connectivity index (χ1v) is 11.8. The lowest BCUT2D eigenvalue weighted by molar-refractivity contribution is -0.141. The Morgan fingerprint density at radius 3 is 2.39 bits per heavy atom. The molecule has 2 fully saturated rings. The highest BCUT2D eigenvalue weighted by Crippen LogP contribution is 2.50. The molecule has 0 aromatic heterocycles. The van der Waals surface area contributed by atoms with Gasteiger partial charge < -0.3 is 14.8 Å². The maximum atomic E-state index is 13.5. The average Bonchev–Trinajstić information content (AvgIpc) is 3.31. The van der Waals surface area contributed by atoms with Crippen LogP contribution < -0.4 is 5.32 Å². The number of ether oxygens (including phenoxy) is 2. The second-order valence-corrected chi connectivity index (χ2v) is 12.8. The van der Waals surface area contributed by atoms with E-state index in [1.165, 1.54) is 5.71 Å². The molecule has 1 saturated carbocycles. The van der Waals surface area contributed by atoms with Crippen molar-refractivity contribution >= 4 is 15.5 Å². The second kappa shape index (κ2) is 6.93. The van der Waals surface area contributed by atoms with E-state index in [0.29, 0.717) is 13.2 Å². The molecule has 3 rings (SSSR count). The molecule has 0 aromatic carbocycles. The van der Waals surface area contributed by atoms with Crippen LogP contribution >= 0.6 is 0 Å². The summed E-state index contributed by atoms with van der Waals surface area (Å²) in [7, 11) is -1.38. The van der Waals surface area contributed by atoms with Crippen molar-refractivity contribution in [2.24, 2.45) is 5.10 Å². The van der Waals surface area contributed by atoms with Gasteiger partial charge in [0.1, 0.15) is 6.10 Å². The van der Waals surface area contributed by atoms with Gasteiger partial charge in [0.15, 0.2) is 15.6 Å². The van der Waals surface area contributed by atoms with E-state index in [1.807, 2.05) is 25.9 Å². The Bertz CT molecular complexity index is 743. The molecule has 28 heavy (non-hydrogen) atoms. The van der Waals surface area contributed by atoms with Crippen molar-refractivity contribution in [2.75, 3.05) is 26.7 Å². The van der Waals surface area contributed by atoms with Gasteiger partial charge in [0.2, 0.25) is 0 Å². The number of rotatable bonds is 9. The first-order chi connectivity index (χ1) is 12.8. The van der Waals surface area contributed by atoms with Crippen molar-refractivity contribution in [3.05, 3.63) is 0 Å². The molecular formula is C20H37N3O4S. The lowest BCUT2D eigenvalue weighted by atomic mass is 9.87. The van der Waals surface area contributed by atoms with Gasteiger partial charge in [-0.2, -0.15) is 5.10 Å². The van der Waals surface area contributed by atoms with Gasteiger partial charge in [-0.25, -0.2) is 8.42 Å². The number of hydrogen-bond acceptors (Lipinski definition) is 7. The fraction of sp³-hybridized carbons (Fsp3) is 0.950. The molecule has 1 saturated heterocycles. The number of hydrogen-bond donors (Lipinski definition) is 1. The zero-order chi connectivity index (χ0) is 21.0. The molecule has 1 aliphatic carbocycles. The van der Waals surface area contributed by atoms with Crippen molar-refractivity contribution in [3.63, 3.8) is 0 Å². The summed E-state index contributed by atoms with van der Waals surface area (Å²) in [6.07, 6.45) is 2.99. The highest BCUT2D eigenvalue weighted by atomic mass is 32.2. The van der Waals surface area contributed by atoms with Gasteiger partial charge in [-0.15, -0.1) is 0 Å². The Labute approximate surface area is 170 Å². The molecule has 1 N–H and O–H groups in total. The van der Waals surface area contributed by atoms with E-state index in [-0.39, 0.29) is 5.54 Å². The zero-order valence-electron chi connectivity index (χ0n) is 18.5. The van der Waals surface area contributed by atoms with Gasteiger partial charge in [0, 0.05) is 13.6 Å². The van der Waals surface area contributed by atoms with E-state index in [0.717, 1.165) is 32.2 Å². The lowest BCUT2D eigenvalue weighted by Gasteiger charge is -2.45. The Morgan fingerprint density at radius 1 is 1.29 bits per heavy atom. The summed E-state index contributed by atoms with van der Waals surface area (Å²) in [6.45, 7) is 13.1. The van der Waals surface area contributed by atoms with Crippen LogP contribution in [0.2, 0.25) is 0 Å². The smallest absolute Gasteiger partial charge is 0.165 e. The first kappa shape index (κ1) is 22.0. The van der Waals surface area contributed by atoms with Crippen LogP contribution in [-0.4, -0.2) is 72.8 Å². The largest absolute Gasteiger partial charge is 0.348 e. The molecule has 1 unspecified atom stereocenters. The normalized spacial score (nSPS) is 31.5. The third-order valence-electron chi connectivity index (χ3n) is 7.11. The van der Waals surface area contributed by atoms with Gasteiger partial charge in [-0.05, 0) is 73.8 Å². The number of hydrazone groups is 1. The highest BCUT2D eigenvalue weighted by Gasteiger charge is 2.62. The van der Waals surface area contributed by atoms with Crippen LogP contribution in [0.5, 0.6) is 0 Å². The summed E-state index contributed by atoms with van der Waals surface area (Å²) in [4.78, 5) is 0. The molecule has 7 nitrogen and oxygen atoms in total. The number of nitrogens with zero attached hydrogens (tertiary/aromatic N) is 2. The summed E-state index contributed by atoms with van der Waals surface area (Å²) in [5, 5.41) is 9.79. The van der Waals surface area contributed by atoms with Crippen LogP contribution in [0.1, 0.15) is 67.2 Å². The molecular weight excluding hydrogens is 378 g/mol. The molecule has 2 aliphatic heterocycles. The van der Waals surface area contributed by atoms with Gasteiger partial charge in [0.05, 0.1) is 27.4 Å². The fourth-order valence-corrected chi connectivity index (χ4v) is 6.80. The molecule has 0 aromatic rings. The average molecular weight is 416 g/mol. The minimum absolute atomic E-state index is 0.0413. The minimum Gasteiger partial charge on any atom is -0.348 e. The number of sulfone groups is 1. The van der Waals surface area contributed by atoms with Crippen LogP contribution in [-0.2, 0) is 19.3 Å². The molecule has 8 heteroatoms. The Balaban J connectivity index is 1.53. The third-order valence-corrected chi connectivity index (χ3v) is 10.5. The summed E-state index contributed by atoms with van der Waals surface area (Å²) in [5.41, 5.74) is 1.21. The molecule has 0 radical (unpaired) electrons. The van der Waals surface area contributed by atoms with E-state index >= 15 is 0 Å². The predicted octanol–water partition coefficient (Wildman–Crippen LogP) is 2.31. The van der Waals surface area contributed by atoms with E-state index in [9.17, 15) is 8.42 Å². The standard InChI is InChI=1S/C20H37N3O4S/c1-15-19(6,23(7)22-15)9-8-12-21-14-20(10-11-20)28(24,25)17(2,3)16-13-26-18(4,5)27-16/h16,21H,8-14H2,1-7H3/t16?,19-/m0/s1. The van der Waals surface area contributed by atoms with Crippen molar-refractivity contribution in [3.8, 4) is 0 Å². The second-order valence-electron chi connectivity index (χ2n) is 9.87. The molecule has 3 aliphatic rings. The van der Waals surface area contributed by atoms with Gasteiger partial charge in [0.25, 0.3) is 0 Å². The van der Waals surface area contributed by atoms with Gasteiger partial charge in [-0.3, -0.25) is 5.01 Å². The van der Waals surface area contributed by atoms with Crippen molar-refractivity contribution in [1.29, 1.82) is 0 Å². The van der Waals surface area contributed by atoms with Crippen LogP contribution in [0.4, 0.5) is 0 Å². The van der Waals surface area contributed by atoms with Crippen molar-refractivity contribution in [1.82, 2.24) is 10.3 Å². The van der Waals surface area contributed by atoms with Crippen molar-refractivity contribution < 1.29 is 17.9 Å². The van der Waals surface area contributed by atoms with Gasteiger partial charge in [-0.1, -0.05) is 0 Å². The quantitative estimate of drug-likeness (QED) is 0.582. The lowest BCUT2D eigenvalue weighted by Crippen LogP contribution is -2.55. The topological polar surface area (TPSA) is 80.2 Å². The van der Waals surface area contributed by atoms with Crippen LogP contribution in [0, 0.1) is 0 Å². The SMILES string of the molecule is CC1=NN(C)[C@@]1(C)CCCNCC1(S(=O)(=O)C(C)(C)C2COC(C)(C)O2)CC1. The van der Waals surface area contributed by atoms with Crippen LogP contribution in [0.25, 0.3) is 0 Å². The minimum atomic E-state index is -3.38. The molecule has 0 bridgehead atoms. The molecule has 162 valence electrons. The van der Waals surface area contributed by atoms with E-state index in [2.05, 4.69) is 24.3 Å². The fourth-order valence-electron chi connectivity index (χ4n) is 4.29. The summed E-state index contributed by atoms with van der Waals surface area (Å²) >= 11 is 0. The Hall–Kier alpha value is -0.700. The van der Waals surface area contributed by atoms with E-state index in [4.69, 9.17) is 9.47 Å². The monoisotopic (exact) mass is 415 g/mol. The summed E-state index contributed by atoms with van der Waals surface area (Å²) < 4.78 is 36.9. The Kier molecular flexibility index (Phi) is 5.44. The third kappa shape index (κ3) is 3.50. The van der Waals surface area contributed by atoms with E-state index < -0.39 is 31.2 Å². The summed E-state index contributed by atoms with van der Waals surface area (Å²) in [5.74, 6) is -0.724. The first-order valence-electron chi connectivity index (χ1n) is 10.3. The van der Waals surface area contributed by atoms with Crippen LogP contribution in [0.15, 0.2) is 5.10 Å². The number of nitrogens with one attached hydrogen (secondary N) is 1. The summed E-state index contributed by atoms with van der Waals surface area (Å²) in [6, 6.07) is 0. The highest BCUT2D eigenvalue weighted by molar-refractivity contribution is 7.94. The maximum absolute atomic E-state index is 13.5. The van der Waals surface area contributed by atoms with Gasteiger partial charge >= 0.3 is 0 Å². The predicted molar refractivity (Wildman–Crippen MR) is 111 cm³/mol. The molecule has 2 heterocycles. The Morgan fingerprint density at radius 2 is 1.93 bits per heavy atom. The molecule has 2 atom stereocenters. The van der Waals surface area contributed by atoms with E-state index in [1.54, 1.807) is 13.8 Å². The maximum Gasteiger partial charge on any atom is 0.165 e. The van der Waals surface area contributed by atoms with Crippen LogP contribution in [0.3, 0.4) is 0 Å². The molecule has 0 spiro atoms.